The van der Waals surface area contributed by atoms with Crippen LogP contribution in [0.4, 0.5) is 5.69 Å². The number of para-hydroxylation sites is 2. The van der Waals surface area contributed by atoms with Crippen LogP contribution in [0.15, 0.2) is 65.8 Å². The van der Waals surface area contributed by atoms with Gasteiger partial charge in [-0.3, -0.25) is 4.99 Å². The molecule has 4 rings (SSSR count). The van der Waals surface area contributed by atoms with E-state index in [1.54, 1.807) is 14.2 Å². The fourth-order valence-corrected chi connectivity index (χ4v) is 3.89. The van der Waals surface area contributed by atoms with Crippen LogP contribution in [0.3, 0.4) is 0 Å². The van der Waals surface area contributed by atoms with Crippen molar-refractivity contribution in [3.8, 4) is 17.2 Å². The number of hydrogen-bond acceptors (Lipinski definition) is 5. The fraction of sp³-hybridized carbons (Fsp3) is 0.333. The van der Waals surface area contributed by atoms with E-state index >= 15 is 0 Å². The van der Waals surface area contributed by atoms with Gasteiger partial charge in [-0.05, 0) is 42.5 Å². The van der Waals surface area contributed by atoms with E-state index in [1.807, 2.05) is 60.4 Å². The molecule has 2 heterocycles. The summed E-state index contributed by atoms with van der Waals surface area (Å²) in [6, 6.07) is 18.0. The second-order valence-electron chi connectivity index (χ2n) is 7.50. The predicted molar refractivity (Wildman–Crippen MR) is 143 cm³/mol. The summed E-state index contributed by atoms with van der Waals surface area (Å²) in [7, 11) is 5.21. The van der Waals surface area contributed by atoms with Gasteiger partial charge in [-0.25, -0.2) is 4.68 Å². The molecule has 1 saturated heterocycles. The van der Waals surface area contributed by atoms with Crippen molar-refractivity contribution in [2.24, 2.45) is 4.99 Å². The molecule has 0 amide bonds. The zero-order valence-electron chi connectivity index (χ0n) is 19.3. The van der Waals surface area contributed by atoms with Crippen LogP contribution in [-0.4, -0.2) is 68.1 Å². The first-order valence-corrected chi connectivity index (χ1v) is 10.7. The molecule has 0 bridgehead atoms. The summed E-state index contributed by atoms with van der Waals surface area (Å²) < 4.78 is 12.6. The minimum absolute atomic E-state index is 0. The van der Waals surface area contributed by atoms with Gasteiger partial charge in [0.2, 0.25) is 0 Å². The van der Waals surface area contributed by atoms with Gasteiger partial charge in [0.1, 0.15) is 11.5 Å². The molecule has 1 aromatic heterocycles. The van der Waals surface area contributed by atoms with E-state index < -0.39 is 0 Å². The number of aromatic nitrogens is 2. The Morgan fingerprint density at radius 2 is 1.70 bits per heavy atom. The van der Waals surface area contributed by atoms with Crippen LogP contribution >= 0.6 is 24.0 Å². The van der Waals surface area contributed by atoms with Gasteiger partial charge in [0, 0.05) is 39.4 Å². The predicted octanol–water partition coefficient (Wildman–Crippen LogP) is 3.41. The Hall–Kier alpha value is -2.95. The Morgan fingerprint density at radius 3 is 2.36 bits per heavy atom. The summed E-state index contributed by atoms with van der Waals surface area (Å²) in [4.78, 5) is 9.13. The number of halogens is 1. The van der Waals surface area contributed by atoms with E-state index in [0.29, 0.717) is 6.54 Å². The van der Waals surface area contributed by atoms with Crippen molar-refractivity contribution in [1.29, 1.82) is 0 Å². The third-order valence-corrected chi connectivity index (χ3v) is 5.63. The first kappa shape index (κ1) is 24.7. The number of hydrogen-bond donors (Lipinski definition) is 1. The highest BCUT2D eigenvalue weighted by molar-refractivity contribution is 14.0. The molecule has 9 heteroatoms. The number of nitrogens with zero attached hydrogens (tertiary/aromatic N) is 5. The van der Waals surface area contributed by atoms with E-state index in [1.165, 1.54) is 0 Å². The SMILES string of the molecule is CN=C(NCc1ccn(-c2ccc(OC)cc2)n1)N1CCN(c2ccccc2OC)CC1.I. The Morgan fingerprint density at radius 1 is 0.970 bits per heavy atom. The quantitative estimate of drug-likeness (QED) is 0.282. The summed E-state index contributed by atoms with van der Waals surface area (Å²) in [6.07, 6.45) is 1.97. The van der Waals surface area contributed by atoms with E-state index in [9.17, 15) is 0 Å². The molecule has 176 valence electrons. The molecule has 1 fully saturated rings. The van der Waals surface area contributed by atoms with Gasteiger partial charge in [-0.2, -0.15) is 5.10 Å². The number of nitrogens with one attached hydrogen (secondary N) is 1. The number of methoxy groups -OCH3 is 2. The van der Waals surface area contributed by atoms with Crippen molar-refractivity contribution in [1.82, 2.24) is 20.0 Å². The average Bonchev–Trinajstić information content (AvgIpc) is 3.34. The number of aliphatic imine (C=N–C) groups is 1. The van der Waals surface area contributed by atoms with Crippen LogP contribution in [0.2, 0.25) is 0 Å². The molecule has 2 aromatic carbocycles. The molecule has 0 unspecified atom stereocenters. The third kappa shape index (κ3) is 5.89. The fourth-order valence-electron chi connectivity index (χ4n) is 3.89. The molecule has 0 atom stereocenters. The molecule has 1 N–H and O–H groups in total. The topological polar surface area (TPSA) is 67.2 Å². The van der Waals surface area contributed by atoms with Crippen LogP contribution in [0.1, 0.15) is 5.69 Å². The second kappa shape index (κ2) is 11.8. The van der Waals surface area contributed by atoms with Gasteiger partial charge in [0.15, 0.2) is 5.96 Å². The van der Waals surface area contributed by atoms with Gasteiger partial charge >= 0.3 is 0 Å². The highest BCUT2D eigenvalue weighted by Gasteiger charge is 2.21. The van der Waals surface area contributed by atoms with Crippen molar-refractivity contribution in [2.45, 2.75) is 6.54 Å². The Labute approximate surface area is 212 Å². The Kier molecular flexibility index (Phi) is 8.81. The molecule has 0 aliphatic carbocycles. The maximum absolute atomic E-state index is 5.52. The van der Waals surface area contributed by atoms with Gasteiger partial charge < -0.3 is 24.6 Å². The molecule has 1 aliphatic rings. The Bertz CT molecular complexity index is 1050. The maximum atomic E-state index is 5.52. The van der Waals surface area contributed by atoms with E-state index in [2.05, 4.69) is 37.3 Å². The largest absolute Gasteiger partial charge is 0.497 e. The number of ether oxygens (including phenoxy) is 2. The lowest BCUT2D eigenvalue weighted by molar-refractivity contribution is 0.367. The summed E-state index contributed by atoms with van der Waals surface area (Å²) in [5.41, 5.74) is 3.09. The molecular formula is C24H31IN6O2. The molecule has 8 nitrogen and oxygen atoms in total. The van der Waals surface area contributed by atoms with Crippen LogP contribution in [0.5, 0.6) is 11.5 Å². The van der Waals surface area contributed by atoms with Crippen LogP contribution in [0.25, 0.3) is 5.69 Å². The van der Waals surface area contributed by atoms with Gasteiger partial charge in [0.25, 0.3) is 0 Å². The number of anilines is 1. The minimum Gasteiger partial charge on any atom is -0.497 e. The zero-order valence-corrected chi connectivity index (χ0v) is 21.6. The van der Waals surface area contributed by atoms with E-state index in [-0.39, 0.29) is 24.0 Å². The Balaban J connectivity index is 0.00000306. The monoisotopic (exact) mass is 562 g/mol. The van der Waals surface area contributed by atoms with Crippen molar-refractivity contribution < 1.29 is 9.47 Å². The first-order valence-electron chi connectivity index (χ1n) is 10.7. The van der Waals surface area contributed by atoms with Crippen LogP contribution in [0, 0.1) is 0 Å². The molecule has 3 aromatic rings. The first-order chi connectivity index (χ1) is 15.7. The number of piperazine rings is 1. The normalized spacial score (nSPS) is 14.0. The van der Waals surface area contributed by atoms with E-state index in [4.69, 9.17) is 9.47 Å². The molecule has 1 aliphatic heterocycles. The van der Waals surface area contributed by atoms with Gasteiger partial charge in [-0.1, -0.05) is 12.1 Å². The van der Waals surface area contributed by atoms with Crippen LogP contribution < -0.4 is 19.7 Å². The number of benzene rings is 2. The third-order valence-electron chi connectivity index (χ3n) is 5.63. The van der Waals surface area contributed by atoms with Gasteiger partial charge in [0.05, 0.1) is 37.8 Å². The van der Waals surface area contributed by atoms with Crippen molar-refractivity contribution >= 4 is 35.6 Å². The van der Waals surface area contributed by atoms with Gasteiger partial charge in [-0.15, -0.1) is 24.0 Å². The molecule has 33 heavy (non-hydrogen) atoms. The number of guanidine groups is 1. The smallest absolute Gasteiger partial charge is 0.194 e. The zero-order chi connectivity index (χ0) is 22.3. The molecule has 0 saturated carbocycles. The standard InChI is InChI=1S/C24H30N6O2.HI/c1-25-24(29-16-14-28(15-17-29)22-6-4-5-7-23(22)32-3)26-18-19-12-13-30(27-19)20-8-10-21(31-2)11-9-20;/h4-13H,14-18H2,1-3H3,(H,25,26);1H. The summed E-state index contributed by atoms with van der Waals surface area (Å²) in [5, 5.41) is 8.13. The van der Waals surface area contributed by atoms with Crippen LogP contribution in [-0.2, 0) is 6.54 Å². The van der Waals surface area contributed by atoms with Crippen molar-refractivity contribution in [3.63, 3.8) is 0 Å². The summed E-state index contributed by atoms with van der Waals surface area (Å²) >= 11 is 0. The lowest BCUT2D eigenvalue weighted by atomic mass is 10.2. The minimum atomic E-state index is 0. The second-order valence-corrected chi connectivity index (χ2v) is 7.50. The van der Waals surface area contributed by atoms with Crippen molar-refractivity contribution in [3.05, 3.63) is 66.5 Å². The number of rotatable bonds is 6. The van der Waals surface area contributed by atoms with Crippen molar-refractivity contribution in [2.75, 3.05) is 52.3 Å². The maximum Gasteiger partial charge on any atom is 0.194 e. The molecular weight excluding hydrogens is 531 g/mol. The van der Waals surface area contributed by atoms with E-state index in [0.717, 1.165) is 60.7 Å². The lowest BCUT2D eigenvalue weighted by Gasteiger charge is -2.38. The summed E-state index contributed by atoms with van der Waals surface area (Å²) in [5.74, 6) is 2.64. The average molecular weight is 562 g/mol. The highest BCUT2D eigenvalue weighted by atomic mass is 127. The molecule has 0 spiro atoms. The molecule has 0 radical (unpaired) electrons. The summed E-state index contributed by atoms with van der Waals surface area (Å²) in [6.45, 7) is 4.21. The highest BCUT2D eigenvalue weighted by Crippen LogP contribution is 2.28. The lowest BCUT2D eigenvalue weighted by Crippen LogP contribution is -2.52.